The number of nitrogens with zero attached hydrogens (tertiary/aromatic N) is 6. The van der Waals surface area contributed by atoms with E-state index in [0.717, 1.165) is 30.3 Å². The number of halogens is 2. The van der Waals surface area contributed by atoms with Gasteiger partial charge in [0.05, 0.1) is 35.2 Å². The third kappa shape index (κ3) is 3.11. The van der Waals surface area contributed by atoms with Crippen molar-refractivity contribution in [3.63, 3.8) is 0 Å². The van der Waals surface area contributed by atoms with E-state index in [1.54, 1.807) is 19.4 Å². The van der Waals surface area contributed by atoms with Gasteiger partial charge in [0.2, 0.25) is 0 Å². The number of rotatable bonds is 4. The molecule has 2 fully saturated rings. The molecule has 1 aromatic carbocycles. The first-order valence-electron chi connectivity index (χ1n) is 11.4. The number of anilines is 2. The maximum Gasteiger partial charge on any atom is 0.326 e. The SMILES string of the molecule is CNc1cc(F)cc2c1[nH]c1nc(Oc3cnc4c(Cl)cnn4c3)nc(N3CC4CC3CC4N)c12. The maximum absolute atomic E-state index is 14.5. The molecule has 1 aliphatic carbocycles. The highest BCUT2D eigenvalue weighted by Gasteiger charge is 2.44. The zero-order valence-corrected chi connectivity index (χ0v) is 19.4. The maximum atomic E-state index is 14.5. The molecule has 3 atom stereocenters. The van der Waals surface area contributed by atoms with Gasteiger partial charge in [-0.25, -0.2) is 13.9 Å². The predicted molar refractivity (Wildman–Crippen MR) is 131 cm³/mol. The molecule has 10 nitrogen and oxygen atoms in total. The Balaban J connectivity index is 1.40. The van der Waals surface area contributed by atoms with E-state index in [0.29, 0.717) is 44.9 Å². The molecule has 0 spiro atoms. The minimum atomic E-state index is -0.337. The van der Waals surface area contributed by atoms with Crippen molar-refractivity contribution in [1.82, 2.24) is 29.5 Å². The Bertz CT molecular complexity index is 1630. The Morgan fingerprint density at radius 1 is 1.26 bits per heavy atom. The molecule has 7 rings (SSSR count). The smallest absolute Gasteiger partial charge is 0.326 e. The van der Waals surface area contributed by atoms with Crippen LogP contribution in [0.4, 0.5) is 15.9 Å². The number of ether oxygens (including phenoxy) is 1. The van der Waals surface area contributed by atoms with E-state index in [4.69, 9.17) is 27.1 Å². The first-order valence-corrected chi connectivity index (χ1v) is 11.8. The van der Waals surface area contributed by atoms with E-state index in [1.165, 1.54) is 22.8 Å². The fourth-order valence-corrected chi connectivity index (χ4v) is 5.69. The van der Waals surface area contributed by atoms with E-state index in [1.807, 2.05) is 0 Å². The number of aromatic amines is 1. The third-order valence-electron chi connectivity index (χ3n) is 7.12. The summed E-state index contributed by atoms with van der Waals surface area (Å²) in [6, 6.07) is 3.58. The van der Waals surface area contributed by atoms with Crippen LogP contribution < -0.4 is 20.7 Å². The van der Waals surface area contributed by atoms with E-state index in [-0.39, 0.29) is 23.9 Å². The summed E-state index contributed by atoms with van der Waals surface area (Å²) in [4.78, 5) is 19.4. The average Bonchev–Trinajstić information content (AvgIpc) is 3.60. The van der Waals surface area contributed by atoms with Crippen LogP contribution in [-0.2, 0) is 0 Å². The quantitative estimate of drug-likeness (QED) is 0.346. The van der Waals surface area contributed by atoms with Crippen molar-refractivity contribution >= 4 is 50.7 Å². The number of benzene rings is 1. The highest BCUT2D eigenvalue weighted by Crippen LogP contribution is 2.44. The lowest BCUT2D eigenvalue weighted by Crippen LogP contribution is -2.41. The second kappa shape index (κ2) is 7.40. The van der Waals surface area contributed by atoms with E-state index in [9.17, 15) is 4.39 Å². The van der Waals surface area contributed by atoms with Crippen molar-refractivity contribution < 1.29 is 9.13 Å². The molecule has 1 saturated carbocycles. The summed E-state index contributed by atoms with van der Waals surface area (Å²) < 4.78 is 22.1. The van der Waals surface area contributed by atoms with Crippen LogP contribution in [0.5, 0.6) is 11.8 Å². The second-order valence-electron chi connectivity index (χ2n) is 9.16. The van der Waals surface area contributed by atoms with Crippen LogP contribution in [0.3, 0.4) is 0 Å². The minimum Gasteiger partial charge on any atom is -0.421 e. The lowest BCUT2D eigenvalue weighted by Gasteiger charge is -2.31. The van der Waals surface area contributed by atoms with Gasteiger partial charge in [0.15, 0.2) is 11.4 Å². The van der Waals surface area contributed by atoms with Gasteiger partial charge in [-0.15, -0.1) is 0 Å². The Hall–Kier alpha value is -3.70. The first-order chi connectivity index (χ1) is 17.0. The van der Waals surface area contributed by atoms with E-state index in [2.05, 4.69) is 30.3 Å². The molecule has 1 aliphatic heterocycles. The summed E-state index contributed by atoms with van der Waals surface area (Å²) in [6.07, 6.45) is 6.64. The summed E-state index contributed by atoms with van der Waals surface area (Å²) in [5.74, 6) is 1.18. The summed E-state index contributed by atoms with van der Waals surface area (Å²) in [7, 11) is 1.76. The number of hydrogen-bond acceptors (Lipinski definition) is 8. The number of fused-ring (bicyclic) bond motifs is 6. The number of nitrogens with one attached hydrogen (secondary N) is 2. The van der Waals surface area contributed by atoms with Crippen LogP contribution in [0.1, 0.15) is 12.8 Å². The molecule has 5 heterocycles. The van der Waals surface area contributed by atoms with Crippen LogP contribution in [0.25, 0.3) is 27.6 Å². The lowest BCUT2D eigenvalue weighted by molar-refractivity contribution is 0.435. The molecule has 35 heavy (non-hydrogen) atoms. The van der Waals surface area contributed by atoms with Crippen LogP contribution in [0.2, 0.25) is 5.02 Å². The largest absolute Gasteiger partial charge is 0.421 e. The monoisotopic (exact) mass is 493 g/mol. The van der Waals surface area contributed by atoms with E-state index >= 15 is 0 Å². The van der Waals surface area contributed by atoms with Gasteiger partial charge < -0.3 is 25.7 Å². The fraction of sp³-hybridized carbons (Fsp3) is 0.304. The molecule has 4 N–H and O–H groups in total. The summed E-state index contributed by atoms with van der Waals surface area (Å²) in [6.45, 7) is 0.789. The van der Waals surface area contributed by atoms with Crippen molar-refractivity contribution in [1.29, 1.82) is 0 Å². The Morgan fingerprint density at radius 3 is 2.91 bits per heavy atom. The normalized spacial score (nSPS) is 21.6. The Labute approximate surface area is 203 Å². The highest BCUT2D eigenvalue weighted by atomic mass is 35.5. The number of nitrogens with two attached hydrogens (primary N) is 1. The van der Waals surface area contributed by atoms with Gasteiger partial charge >= 0.3 is 6.01 Å². The van der Waals surface area contributed by atoms with Crippen molar-refractivity contribution in [2.75, 3.05) is 23.8 Å². The molecule has 3 unspecified atom stereocenters. The molecule has 0 radical (unpaired) electrons. The van der Waals surface area contributed by atoms with Crippen molar-refractivity contribution in [3.8, 4) is 11.8 Å². The van der Waals surface area contributed by atoms with Crippen LogP contribution in [0.15, 0.2) is 30.7 Å². The first kappa shape index (κ1) is 20.7. The Kier molecular flexibility index (Phi) is 4.37. The van der Waals surface area contributed by atoms with Crippen LogP contribution in [-0.4, -0.2) is 55.2 Å². The molecule has 2 aliphatic rings. The van der Waals surface area contributed by atoms with Gasteiger partial charge in [0.25, 0.3) is 0 Å². The number of hydrogen-bond donors (Lipinski definition) is 3. The summed E-state index contributed by atoms with van der Waals surface area (Å²) in [5, 5.41) is 9.15. The van der Waals surface area contributed by atoms with Gasteiger partial charge in [0, 0.05) is 31.1 Å². The molecule has 12 heteroatoms. The molecule has 4 aromatic heterocycles. The topological polar surface area (TPSA) is 122 Å². The molecular formula is C23H21ClFN9O. The zero-order chi connectivity index (χ0) is 23.8. The molecule has 0 amide bonds. The lowest BCUT2D eigenvalue weighted by atomic mass is 10.0. The minimum absolute atomic E-state index is 0.150. The number of piperidine rings is 1. The zero-order valence-electron chi connectivity index (χ0n) is 18.7. The Morgan fingerprint density at radius 2 is 2.14 bits per heavy atom. The van der Waals surface area contributed by atoms with E-state index < -0.39 is 0 Å². The molecule has 5 aromatic rings. The molecule has 1 saturated heterocycles. The predicted octanol–water partition coefficient (Wildman–Crippen LogP) is 3.71. The second-order valence-corrected chi connectivity index (χ2v) is 9.57. The molecule has 2 bridgehead atoms. The summed E-state index contributed by atoms with van der Waals surface area (Å²) in [5.41, 5.74) is 8.79. The standard InChI is InChI=1S/C23H21ClFN9O/c1-27-17-4-11(25)3-14-18-20(30-19(14)17)31-23(32-22(18)33-8-10-2-12(33)5-16(10)26)35-13-6-28-21-15(24)7-29-34(21)9-13/h3-4,6-7,9-10,12,16,27H,2,5,8,26H2,1H3,(H,30,31,32). The van der Waals surface area contributed by atoms with Gasteiger partial charge in [-0.1, -0.05) is 11.6 Å². The van der Waals surface area contributed by atoms with Crippen molar-refractivity contribution in [2.45, 2.75) is 24.9 Å². The van der Waals surface area contributed by atoms with Gasteiger partial charge in [-0.05, 0) is 30.9 Å². The molecule has 178 valence electrons. The van der Waals surface area contributed by atoms with Crippen LogP contribution >= 0.6 is 11.6 Å². The van der Waals surface area contributed by atoms with Gasteiger partial charge in [-0.3, -0.25) is 0 Å². The fourth-order valence-electron chi connectivity index (χ4n) is 5.51. The van der Waals surface area contributed by atoms with Crippen molar-refractivity contribution in [3.05, 3.63) is 41.6 Å². The highest BCUT2D eigenvalue weighted by molar-refractivity contribution is 6.33. The number of H-pyrrole nitrogens is 1. The van der Waals surface area contributed by atoms with Crippen molar-refractivity contribution in [2.24, 2.45) is 11.7 Å². The third-order valence-corrected chi connectivity index (χ3v) is 7.39. The van der Waals surface area contributed by atoms with Crippen LogP contribution in [0, 0.1) is 11.7 Å². The number of aromatic nitrogens is 6. The average molecular weight is 494 g/mol. The molecular weight excluding hydrogens is 473 g/mol. The van der Waals surface area contributed by atoms with Gasteiger partial charge in [-0.2, -0.15) is 15.1 Å². The summed E-state index contributed by atoms with van der Waals surface area (Å²) >= 11 is 6.10. The van der Waals surface area contributed by atoms with Gasteiger partial charge in [0.1, 0.15) is 22.3 Å².